The van der Waals surface area contributed by atoms with Gasteiger partial charge in [-0.1, -0.05) is 0 Å². The average Bonchev–Trinajstić information content (AvgIpc) is 2.87. The first-order valence-electron chi connectivity index (χ1n) is 10.8. The highest BCUT2D eigenvalue weighted by atomic mass is 19.1. The summed E-state index contributed by atoms with van der Waals surface area (Å²) >= 11 is 0. The molecule has 0 aliphatic heterocycles. The topological polar surface area (TPSA) is 98.8 Å². The van der Waals surface area contributed by atoms with E-state index in [1.54, 1.807) is 18.2 Å². The Morgan fingerprint density at radius 2 is 1.59 bits per heavy atom. The van der Waals surface area contributed by atoms with Crippen molar-refractivity contribution < 1.29 is 37.0 Å². The lowest BCUT2D eigenvalue weighted by Crippen LogP contribution is -2.35. The van der Waals surface area contributed by atoms with Crippen molar-refractivity contribution in [3.05, 3.63) is 83.8 Å². The van der Waals surface area contributed by atoms with Crippen molar-refractivity contribution in [2.45, 2.75) is 6.42 Å². The van der Waals surface area contributed by atoms with Crippen molar-refractivity contribution in [1.82, 2.24) is 10.3 Å². The van der Waals surface area contributed by atoms with Crippen LogP contribution in [0.3, 0.4) is 0 Å². The first-order chi connectivity index (χ1) is 17.8. The molecule has 0 aliphatic carbocycles. The zero-order valence-corrected chi connectivity index (χ0v) is 19.6. The van der Waals surface area contributed by atoms with E-state index in [-0.39, 0.29) is 17.0 Å². The highest BCUT2D eigenvalue weighted by molar-refractivity contribution is 6.01. The first-order valence-corrected chi connectivity index (χ1v) is 10.8. The summed E-state index contributed by atoms with van der Waals surface area (Å²) in [6, 6.07) is 10.2. The standard InChI is InChI=1S/C26H20F3N3O5/c1-35-23-12-17-20(13-24(23)36-2)30-8-7-21(17)37-22-6-4-16(11-19(22)29)31-26(34)32-25(33)10-14-9-15(27)3-5-18(14)28/h3-9,11-13H,10H2,1-2H3,(H2,31,32,33,34). The first kappa shape index (κ1) is 25.3. The van der Waals surface area contributed by atoms with E-state index in [0.717, 1.165) is 24.3 Å². The van der Waals surface area contributed by atoms with Gasteiger partial charge in [-0.2, -0.15) is 0 Å². The average molecular weight is 511 g/mol. The number of nitrogens with one attached hydrogen (secondary N) is 2. The quantitative estimate of drug-likeness (QED) is 0.347. The van der Waals surface area contributed by atoms with E-state index in [1.807, 2.05) is 5.32 Å². The lowest BCUT2D eigenvalue weighted by atomic mass is 10.1. The lowest BCUT2D eigenvalue weighted by molar-refractivity contribution is -0.119. The lowest BCUT2D eigenvalue weighted by Gasteiger charge is -2.13. The van der Waals surface area contributed by atoms with Crippen molar-refractivity contribution in [3.63, 3.8) is 0 Å². The number of pyridine rings is 1. The van der Waals surface area contributed by atoms with E-state index >= 15 is 0 Å². The number of anilines is 1. The highest BCUT2D eigenvalue weighted by Gasteiger charge is 2.15. The smallest absolute Gasteiger partial charge is 0.325 e. The van der Waals surface area contributed by atoms with E-state index in [2.05, 4.69) is 10.3 Å². The van der Waals surface area contributed by atoms with Gasteiger partial charge in [0.05, 0.1) is 26.2 Å². The fraction of sp³-hybridized carbons (Fsp3) is 0.115. The van der Waals surface area contributed by atoms with Crippen LogP contribution < -0.4 is 24.8 Å². The molecule has 0 bridgehead atoms. The molecule has 0 radical (unpaired) electrons. The van der Waals surface area contributed by atoms with Gasteiger partial charge < -0.3 is 19.5 Å². The maximum Gasteiger partial charge on any atom is 0.325 e. The minimum absolute atomic E-state index is 0.0260. The maximum absolute atomic E-state index is 14.8. The van der Waals surface area contributed by atoms with Crippen LogP contribution in [0.2, 0.25) is 0 Å². The summed E-state index contributed by atoms with van der Waals surface area (Å²) in [5.74, 6) is -2.09. The Labute approximate surface area is 209 Å². The van der Waals surface area contributed by atoms with Crippen LogP contribution in [0.5, 0.6) is 23.0 Å². The molecule has 37 heavy (non-hydrogen) atoms. The molecule has 11 heteroatoms. The number of nitrogens with zero attached hydrogens (tertiary/aromatic N) is 1. The molecule has 2 N–H and O–H groups in total. The van der Waals surface area contributed by atoms with Crippen molar-refractivity contribution in [2.24, 2.45) is 0 Å². The van der Waals surface area contributed by atoms with Gasteiger partial charge in [-0.25, -0.2) is 18.0 Å². The predicted molar refractivity (Wildman–Crippen MR) is 129 cm³/mol. The minimum atomic E-state index is -0.976. The molecule has 4 rings (SSSR count). The third-order valence-electron chi connectivity index (χ3n) is 5.23. The molecule has 1 heterocycles. The maximum atomic E-state index is 14.8. The Balaban J connectivity index is 1.44. The molecule has 0 saturated heterocycles. The summed E-state index contributed by atoms with van der Waals surface area (Å²) in [5.41, 5.74) is 0.351. The Morgan fingerprint density at radius 3 is 2.32 bits per heavy atom. The number of aromatic nitrogens is 1. The number of imide groups is 1. The summed E-state index contributed by atoms with van der Waals surface area (Å²) in [7, 11) is 2.98. The number of urea groups is 1. The van der Waals surface area contributed by atoms with Gasteiger partial charge in [0.15, 0.2) is 23.1 Å². The number of ether oxygens (including phenoxy) is 3. The van der Waals surface area contributed by atoms with E-state index in [1.165, 1.54) is 32.5 Å². The predicted octanol–water partition coefficient (Wildman–Crippen LogP) is 5.35. The molecule has 8 nitrogen and oxygen atoms in total. The number of carbonyl (C=O) groups excluding carboxylic acids is 2. The number of halogens is 3. The van der Waals surface area contributed by atoms with E-state index in [0.29, 0.717) is 28.2 Å². The van der Waals surface area contributed by atoms with Crippen molar-refractivity contribution >= 4 is 28.5 Å². The van der Waals surface area contributed by atoms with Crippen LogP contribution in [0.1, 0.15) is 5.56 Å². The van der Waals surface area contributed by atoms with Crippen LogP contribution in [0.25, 0.3) is 10.9 Å². The Morgan fingerprint density at radius 1 is 0.838 bits per heavy atom. The number of fused-ring (bicyclic) bond motifs is 1. The second-order valence-corrected chi connectivity index (χ2v) is 7.70. The number of carbonyl (C=O) groups is 2. The fourth-order valence-corrected chi connectivity index (χ4v) is 3.50. The normalized spacial score (nSPS) is 10.6. The van der Waals surface area contributed by atoms with Gasteiger partial charge in [0.25, 0.3) is 0 Å². The molecule has 0 unspecified atom stereocenters. The van der Waals surface area contributed by atoms with Crippen LogP contribution in [0.4, 0.5) is 23.7 Å². The number of amides is 3. The van der Waals surface area contributed by atoms with Gasteiger partial charge in [0.2, 0.25) is 5.91 Å². The van der Waals surface area contributed by atoms with Crippen LogP contribution in [-0.4, -0.2) is 31.1 Å². The highest BCUT2D eigenvalue weighted by Crippen LogP contribution is 2.37. The molecule has 0 fully saturated rings. The van der Waals surface area contributed by atoms with Crippen molar-refractivity contribution in [1.29, 1.82) is 0 Å². The second kappa shape index (κ2) is 10.9. The van der Waals surface area contributed by atoms with Gasteiger partial charge >= 0.3 is 6.03 Å². The SMILES string of the molecule is COc1cc2nccc(Oc3ccc(NC(=O)NC(=O)Cc4cc(F)ccc4F)cc3F)c2cc1OC. The van der Waals surface area contributed by atoms with Crippen LogP contribution in [0, 0.1) is 17.5 Å². The monoisotopic (exact) mass is 511 g/mol. The Kier molecular flexibility index (Phi) is 7.42. The molecular weight excluding hydrogens is 491 g/mol. The van der Waals surface area contributed by atoms with Crippen molar-refractivity contribution in [3.8, 4) is 23.0 Å². The van der Waals surface area contributed by atoms with E-state index in [9.17, 15) is 22.8 Å². The third-order valence-corrected chi connectivity index (χ3v) is 5.23. The second-order valence-electron chi connectivity index (χ2n) is 7.70. The molecule has 0 saturated carbocycles. The molecule has 0 atom stereocenters. The van der Waals surface area contributed by atoms with Gasteiger partial charge in [-0.15, -0.1) is 0 Å². The number of rotatable bonds is 7. The van der Waals surface area contributed by atoms with E-state index in [4.69, 9.17) is 14.2 Å². The molecular formula is C26H20F3N3O5. The zero-order chi connectivity index (χ0) is 26.5. The molecule has 0 aliphatic rings. The van der Waals surface area contributed by atoms with Crippen molar-refractivity contribution in [2.75, 3.05) is 19.5 Å². The molecule has 4 aromatic rings. The summed E-state index contributed by atoms with van der Waals surface area (Å²) in [6.45, 7) is 0. The summed E-state index contributed by atoms with van der Waals surface area (Å²) < 4.78 is 58.1. The minimum Gasteiger partial charge on any atom is -0.493 e. The van der Waals surface area contributed by atoms with Crippen LogP contribution in [0.15, 0.2) is 60.8 Å². The third kappa shape index (κ3) is 5.89. The number of hydrogen-bond donors (Lipinski definition) is 2. The van der Waals surface area contributed by atoms with E-state index < -0.39 is 35.8 Å². The zero-order valence-electron chi connectivity index (χ0n) is 19.6. The molecule has 1 aromatic heterocycles. The number of benzene rings is 3. The summed E-state index contributed by atoms with van der Waals surface area (Å²) in [5, 5.41) is 4.83. The summed E-state index contributed by atoms with van der Waals surface area (Å²) in [6.07, 6.45) is 0.934. The Hall–Kier alpha value is -4.80. The van der Waals surface area contributed by atoms with Gasteiger partial charge in [-0.05, 0) is 42.5 Å². The van der Waals surface area contributed by atoms with Gasteiger partial charge in [0, 0.05) is 35.0 Å². The summed E-state index contributed by atoms with van der Waals surface area (Å²) in [4.78, 5) is 28.4. The fourth-order valence-electron chi connectivity index (χ4n) is 3.50. The number of hydrogen-bond acceptors (Lipinski definition) is 6. The van der Waals surface area contributed by atoms with Crippen LogP contribution in [-0.2, 0) is 11.2 Å². The number of methoxy groups -OCH3 is 2. The van der Waals surface area contributed by atoms with Gasteiger partial charge in [0.1, 0.15) is 17.4 Å². The molecule has 190 valence electrons. The molecule has 0 spiro atoms. The Bertz CT molecular complexity index is 1500. The van der Waals surface area contributed by atoms with Gasteiger partial charge in [-0.3, -0.25) is 15.1 Å². The molecule has 3 aromatic carbocycles. The largest absolute Gasteiger partial charge is 0.493 e. The van der Waals surface area contributed by atoms with Crippen LogP contribution >= 0.6 is 0 Å². The molecule has 3 amide bonds.